The number of carbonyl (C=O) groups is 1. The molecule has 98 valence electrons. The van der Waals surface area contributed by atoms with Crippen molar-refractivity contribution in [2.45, 2.75) is 24.9 Å². The number of aryl methyl sites for hydroxylation is 1. The highest BCUT2D eigenvalue weighted by atomic mass is 16.3. The maximum atomic E-state index is 11.7. The Morgan fingerprint density at radius 3 is 3.06 bits per heavy atom. The van der Waals surface area contributed by atoms with Crippen LogP contribution in [-0.4, -0.2) is 30.3 Å². The summed E-state index contributed by atoms with van der Waals surface area (Å²) in [5.74, 6) is 0. The van der Waals surface area contributed by atoms with Gasteiger partial charge in [0.25, 0.3) is 0 Å². The van der Waals surface area contributed by atoms with E-state index in [9.17, 15) is 4.79 Å². The molecule has 0 saturated heterocycles. The van der Waals surface area contributed by atoms with E-state index in [1.54, 1.807) is 0 Å². The lowest BCUT2D eigenvalue weighted by molar-refractivity contribution is 0.230. The molecule has 0 unspecified atom stereocenters. The van der Waals surface area contributed by atoms with Crippen LogP contribution in [0.4, 0.5) is 4.79 Å². The van der Waals surface area contributed by atoms with Crippen molar-refractivity contribution in [2.24, 2.45) is 5.73 Å². The normalized spacial score (nSPS) is 19.1. The second kappa shape index (κ2) is 5.84. The first kappa shape index (κ1) is 12.9. The average molecular weight is 249 g/mol. The van der Waals surface area contributed by atoms with Crippen LogP contribution < -0.4 is 16.4 Å². The van der Waals surface area contributed by atoms with Gasteiger partial charge in [-0.3, -0.25) is 0 Å². The first-order valence-corrected chi connectivity index (χ1v) is 6.19. The van der Waals surface area contributed by atoms with E-state index in [1.807, 2.05) is 18.2 Å². The van der Waals surface area contributed by atoms with E-state index >= 15 is 0 Å². The van der Waals surface area contributed by atoms with Gasteiger partial charge in [0, 0.05) is 12.6 Å². The monoisotopic (exact) mass is 249 g/mol. The van der Waals surface area contributed by atoms with Crippen molar-refractivity contribution in [2.75, 3.05) is 13.2 Å². The van der Waals surface area contributed by atoms with Crippen molar-refractivity contribution < 1.29 is 9.90 Å². The van der Waals surface area contributed by atoms with Crippen molar-refractivity contribution in [3.8, 4) is 0 Å². The maximum absolute atomic E-state index is 11.7. The van der Waals surface area contributed by atoms with E-state index in [0.717, 1.165) is 12.8 Å². The van der Waals surface area contributed by atoms with E-state index in [1.165, 1.54) is 11.1 Å². The van der Waals surface area contributed by atoms with E-state index < -0.39 is 6.04 Å². The Balaban J connectivity index is 1.86. The second-order valence-corrected chi connectivity index (χ2v) is 4.59. The Bertz CT molecular complexity index is 422. The Kier molecular flexibility index (Phi) is 4.17. The van der Waals surface area contributed by atoms with E-state index in [-0.39, 0.29) is 25.2 Å². The van der Waals surface area contributed by atoms with Crippen LogP contribution in [0.5, 0.6) is 0 Å². The van der Waals surface area contributed by atoms with E-state index in [4.69, 9.17) is 10.8 Å². The summed E-state index contributed by atoms with van der Waals surface area (Å²) in [5.41, 5.74) is 8.01. The van der Waals surface area contributed by atoms with Gasteiger partial charge in [-0.1, -0.05) is 24.3 Å². The SMILES string of the molecule is N[C@H](CO)CNC(=O)N[C@@H]1CCc2ccccc21. The molecule has 5 N–H and O–H groups in total. The standard InChI is InChI=1S/C13H19N3O2/c14-10(8-17)7-15-13(18)16-12-6-5-9-3-1-2-4-11(9)12/h1-4,10,12,17H,5-8,14H2,(H2,15,16,18)/t10-,12+/m0/s1. The number of urea groups is 1. The number of rotatable bonds is 4. The van der Waals surface area contributed by atoms with Crippen LogP contribution in [0.1, 0.15) is 23.6 Å². The fourth-order valence-corrected chi connectivity index (χ4v) is 2.20. The van der Waals surface area contributed by atoms with E-state index in [0.29, 0.717) is 0 Å². The lowest BCUT2D eigenvalue weighted by Crippen LogP contribution is -2.44. The third kappa shape index (κ3) is 3.00. The van der Waals surface area contributed by atoms with Crippen molar-refractivity contribution >= 4 is 6.03 Å². The predicted octanol–water partition coefficient (Wildman–Crippen LogP) is 0.293. The van der Waals surface area contributed by atoms with Crippen LogP contribution in [0.15, 0.2) is 24.3 Å². The minimum Gasteiger partial charge on any atom is -0.395 e. The van der Waals surface area contributed by atoms with Gasteiger partial charge in [0.05, 0.1) is 12.6 Å². The molecule has 1 aromatic rings. The zero-order valence-corrected chi connectivity index (χ0v) is 10.2. The molecule has 0 spiro atoms. The maximum Gasteiger partial charge on any atom is 0.315 e. The fraction of sp³-hybridized carbons (Fsp3) is 0.462. The predicted molar refractivity (Wildman–Crippen MR) is 69.1 cm³/mol. The van der Waals surface area contributed by atoms with Gasteiger partial charge in [-0.15, -0.1) is 0 Å². The number of fused-ring (bicyclic) bond motifs is 1. The summed E-state index contributed by atoms with van der Waals surface area (Å²) >= 11 is 0. The van der Waals surface area contributed by atoms with Crippen molar-refractivity contribution in [3.05, 3.63) is 35.4 Å². The molecule has 0 aromatic heterocycles. The highest BCUT2D eigenvalue weighted by Gasteiger charge is 2.23. The number of carbonyl (C=O) groups excluding carboxylic acids is 1. The number of nitrogens with one attached hydrogen (secondary N) is 2. The highest BCUT2D eigenvalue weighted by molar-refractivity contribution is 5.74. The average Bonchev–Trinajstić information content (AvgIpc) is 2.79. The number of aliphatic hydroxyl groups excluding tert-OH is 1. The molecule has 18 heavy (non-hydrogen) atoms. The molecule has 5 nitrogen and oxygen atoms in total. The number of amides is 2. The van der Waals surface area contributed by atoms with Crippen molar-refractivity contribution in [1.29, 1.82) is 0 Å². The Morgan fingerprint density at radius 2 is 2.28 bits per heavy atom. The highest BCUT2D eigenvalue weighted by Crippen LogP contribution is 2.30. The quantitative estimate of drug-likeness (QED) is 0.618. The summed E-state index contributed by atoms with van der Waals surface area (Å²) in [4.78, 5) is 11.7. The lowest BCUT2D eigenvalue weighted by Gasteiger charge is -2.16. The van der Waals surface area contributed by atoms with Gasteiger partial charge < -0.3 is 21.5 Å². The van der Waals surface area contributed by atoms with Gasteiger partial charge in [0.1, 0.15) is 0 Å². The molecule has 1 aliphatic rings. The number of nitrogens with two attached hydrogens (primary N) is 1. The molecule has 0 bridgehead atoms. The minimum absolute atomic E-state index is 0.0755. The largest absolute Gasteiger partial charge is 0.395 e. The molecular weight excluding hydrogens is 230 g/mol. The molecule has 1 aromatic carbocycles. The van der Waals surface area contributed by atoms with Gasteiger partial charge in [-0.25, -0.2) is 4.79 Å². The molecule has 0 aliphatic heterocycles. The molecule has 0 radical (unpaired) electrons. The topological polar surface area (TPSA) is 87.4 Å². The van der Waals surface area contributed by atoms with Gasteiger partial charge >= 0.3 is 6.03 Å². The molecular formula is C13H19N3O2. The Morgan fingerprint density at radius 1 is 1.50 bits per heavy atom. The van der Waals surface area contributed by atoms with Gasteiger partial charge in [-0.2, -0.15) is 0 Å². The van der Waals surface area contributed by atoms with Crippen LogP contribution in [0.2, 0.25) is 0 Å². The zero-order chi connectivity index (χ0) is 13.0. The van der Waals surface area contributed by atoms with Crippen molar-refractivity contribution in [1.82, 2.24) is 10.6 Å². The van der Waals surface area contributed by atoms with Crippen LogP contribution in [0, 0.1) is 0 Å². The number of aliphatic hydroxyl groups is 1. The summed E-state index contributed by atoms with van der Waals surface area (Å²) in [6.45, 7) is 0.142. The fourth-order valence-electron chi connectivity index (χ4n) is 2.20. The molecule has 2 rings (SSSR count). The number of benzene rings is 1. The summed E-state index contributed by atoms with van der Waals surface area (Å²) in [5, 5.41) is 14.3. The summed E-state index contributed by atoms with van der Waals surface area (Å²) in [6, 6.07) is 7.57. The smallest absolute Gasteiger partial charge is 0.315 e. The van der Waals surface area contributed by atoms with Crippen LogP contribution in [0.25, 0.3) is 0 Å². The molecule has 0 fully saturated rings. The number of hydrogen-bond acceptors (Lipinski definition) is 3. The zero-order valence-electron chi connectivity index (χ0n) is 10.2. The molecule has 1 aliphatic carbocycles. The van der Waals surface area contributed by atoms with E-state index in [2.05, 4.69) is 16.7 Å². The Labute approximate surface area is 106 Å². The lowest BCUT2D eigenvalue weighted by atomic mass is 10.1. The first-order valence-electron chi connectivity index (χ1n) is 6.19. The first-order chi connectivity index (χ1) is 8.70. The summed E-state index contributed by atoms with van der Waals surface area (Å²) in [7, 11) is 0. The van der Waals surface area contributed by atoms with Crippen LogP contribution >= 0.6 is 0 Å². The van der Waals surface area contributed by atoms with Crippen LogP contribution in [-0.2, 0) is 6.42 Å². The van der Waals surface area contributed by atoms with Crippen molar-refractivity contribution in [3.63, 3.8) is 0 Å². The summed E-state index contributed by atoms with van der Waals surface area (Å²) < 4.78 is 0. The minimum atomic E-state index is -0.411. The summed E-state index contributed by atoms with van der Waals surface area (Å²) in [6.07, 6.45) is 1.93. The molecule has 0 heterocycles. The van der Waals surface area contributed by atoms with Gasteiger partial charge in [0.15, 0.2) is 0 Å². The molecule has 5 heteroatoms. The third-order valence-corrected chi connectivity index (χ3v) is 3.20. The molecule has 0 saturated carbocycles. The van der Waals surface area contributed by atoms with Gasteiger partial charge in [0.2, 0.25) is 0 Å². The number of hydrogen-bond donors (Lipinski definition) is 4. The molecule has 2 amide bonds. The third-order valence-electron chi connectivity index (χ3n) is 3.20. The Hall–Kier alpha value is -1.59. The van der Waals surface area contributed by atoms with Gasteiger partial charge in [-0.05, 0) is 24.0 Å². The van der Waals surface area contributed by atoms with Crippen LogP contribution in [0.3, 0.4) is 0 Å². The second-order valence-electron chi connectivity index (χ2n) is 4.59. The molecule has 2 atom stereocenters.